The van der Waals surface area contributed by atoms with Crippen LogP contribution in [-0.2, 0) is 0 Å². The molecule has 1 aliphatic heterocycles. The third kappa shape index (κ3) is 1.54. The smallest absolute Gasteiger partial charge is 0.159 e. The van der Waals surface area contributed by atoms with Gasteiger partial charge in [-0.25, -0.2) is 4.98 Å². The number of hydrogen-bond acceptors (Lipinski definition) is 3. The number of carbonyl (C=O) groups excluding carboxylic acids is 1. The highest BCUT2D eigenvalue weighted by Crippen LogP contribution is 2.18. The van der Waals surface area contributed by atoms with Crippen LogP contribution < -0.4 is 4.90 Å². The summed E-state index contributed by atoms with van der Waals surface area (Å²) in [5.41, 5.74) is 0.747. The molecule has 13 heavy (non-hydrogen) atoms. The van der Waals surface area contributed by atoms with E-state index in [1.165, 1.54) is 6.42 Å². The highest BCUT2D eigenvalue weighted by molar-refractivity contribution is 5.94. The molecule has 0 spiro atoms. The van der Waals surface area contributed by atoms with E-state index in [2.05, 4.69) is 9.88 Å². The highest BCUT2D eigenvalue weighted by atomic mass is 16.1. The van der Waals surface area contributed by atoms with Crippen molar-refractivity contribution in [2.45, 2.75) is 13.3 Å². The second-order valence-corrected chi connectivity index (χ2v) is 3.30. The summed E-state index contributed by atoms with van der Waals surface area (Å²) in [7, 11) is 0. The van der Waals surface area contributed by atoms with Gasteiger partial charge in [0.1, 0.15) is 5.82 Å². The first-order valence-corrected chi connectivity index (χ1v) is 4.49. The van der Waals surface area contributed by atoms with Crippen LogP contribution in [-0.4, -0.2) is 23.9 Å². The number of anilines is 1. The summed E-state index contributed by atoms with van der Waals surface area (Å²) >= 11 is 0. The van der Waals surface area contributed by atoms with Crippen molar-refractivity contribution in [1.29, 1.82) is 0 Å². The Hall–Kier alpha value is -1.38. The van der Waals surface area contributed by atoms with Gasteiger partial charge in [-0.05, 0) is 25.5 Å². The van der Waals surface area contributed by atoms with Crippen LogP contribution in [0.4, 0.5) is 5.82 Å². The number of nitrogens with zero attached hydrogens (tertiary/aromatic N) is 2. The largest absolute Gasteiger partial charge is 0.356 e. The summed E-state index contributed by atoms with van der Waals surface area (Å²) in [4.78, 5) is 17.5. The zero-order valence-corrected chi connectivity index (χ0v) is 7.66. The summed E-state index contributed by atoms with van der Waals surface area (Å²) in [6.45, 7) is 3.71. The third-order valence-electron chi connectivity index (χ3n) is 2.33. The van der Waals surface area contributed by atoms with Crippen LogP contribution >= 0.6 is 0 Å². The van der Waals surface area contributed by atoms with Crippen molar-refractivity contribution in [2.24, 2.45) is 0 Å². The Kier molecular flexibility index (Phi) is 2.00. The second-order valence-electron chi connectivity index (χ2n) is 3.30. The van der Waals surface area contributed by atoms with Crippen molar-refractivity contribution in [3.8, 4) is 0 Å². The van der Waals surface area contributed by atoms with E-state index in [0.29, 0.717) is 0 Å². The van der Waals surface area contributed by atoms with Crippen molar-refractivity contribution in [2.75, 3.05) is 18.0 Å². The minimum Gasteiger partial charge on any atom is -0.356 e. The number of hydrogen-bond donors (Lipinski definition) is 0. The van der Waals surface area contributed by atoms with Gasteiger partial charge in [-0.1, -0.05) is 0 Å². The molecule has 1 saturated heterocycles. The molecule has 0 N–H and O–H groups in total. The summed E-state index contributed by atoms with van der Waals surface area (Å²) in [6.07, 6.45) is 2.93. The number of ketones is 1. The maximum Gasteiger partial charge on any atom is 0.159 e. The number of aromatic nitrogens is 1. The van der Waals surface area contributed by atoms with Crippen molar-refractivity contribution in [1.82, 2.24) is 4.98 Å². The molecule has 2 heterocycles. The van der Waals surface area contributed by atoms with Gasteiger partial charge in [-0.2, -0.15) is 0 Å². The molecule has 0 unspecified atom stereocenters. The molecule has 1 aromatic rings. The third-order valence-corrected chi connectivity index (χ3v) is 2.33. The Morgan fingerprint density at radius 3 is 2.85 bits per heavy atom. The maximum absolute atomic E-state index is 11.1. The quantitative estimate of drug-likeness (QED) is 0.640. The Morgan fingerprint density at radius 2 is 2.31 bits per heavy atom. The van der Waals surface area contributed by atoms with E-state index in [1.54, 1.807) is 19.2 Å². The van der Waals surface area contributed by atoms with Crippen molar-refractivity contribution >= 4 is 11.6 Å². The molecule has 1 aromatic heterocycles. The van der Waals surface area contributed by atoms with Crippen LogP contribution in [0.2, 0.25) is 0 Å². The summed E-state index contributed by atoms with van der Waals surface area (Å²) in [6, 6.07) is 3.62. The second kappa shape index (κ2) is 3.17. The fraction of sp³-hybridized carbons (Fsp3) is 0.400. The molecular formula is C10H12N2O. The first-order valence-electron chi connectivity index (χ1n) is 4.49. The Morgan fingerprint density at radius 1 is 1.54 bits per heavy atom. The van der Waals surface area contributed by atoms with Crippen molar-refractivity contribution < 1.29 is 4.79 Å². The normalized spacial score (nSPS) is 15.3. The van der Waals surface area contributed by atoms with Gasteiger partial charge in [0.2, 0.25) is 0 Å². The molecular weight excluding hydrogens is 164 g/mol. The number of pyridine rings is 1. The lowest BCUT2D eigenvalue weighted by Gasteiger charge is -2.32. The molecule has 1 aliphatic rings. The molecule has 1 fully saturated rings. The van der Waals surface area contributed by atoms with Crippen LogP contribution in [0.5, 0.6) is 0 Å². The van der Waals surface area contributed by atoms with Crippen LogP contribution in [0.25, 0.3) is 0 Å². The number of rotatable bonds is 2. The molecule has 0 amide bonds. The number of carbonyl (C=O) groups is 1. The van der Waals surface area contributed by atoms with E-state index in [0.717, 1.165) is 24.5 Å². The average Bonchev–Trinajstić information content (AvgIpc) is 2.01. The first kappa shape index (κ1) is 8.23. The number of Topliss-reactive ketones (excluding diaryl/α,β-unsaturated/α-hetero) is 1. The fourth-order valence-corrected chi connectivity index (χ4v) is 1.36. The van der Waals surface area contributed by atoms with Gasteiger partial charge in [0.25, 0.3) is 0 Å². The van der Waals surface area contributed by atoms with E-state index in [9.17, 15) is 4.79 Å². The van der Waals surface area contributed by atoms with Crippen molar-refractivity contribution in [3.05, 3.63) is 23.9 Å². The molecule has 0 atom stereocenters. The van der Waals surface area contributed by atoms with Gasteiger partial charge in [-0.3, -0.25) is 4.79 Å². The first-order chi connectivity index (χ1) is 6.27. The minimum atomic E-state index is 0.101. The van der Waals surface area contributed by atoms with E-state index in [4.69, 9.17) is 0 Å². The lowest BCUT2D eigenvalue weighted by atomic mass is 10.1. The molecule has 68 valence electrons. The minimum absolute atomic E-state index is 0.101. The zero-order valence-electron chi connectivity index (χ0n) is 7.66. The lowest BCUT2D eigenvalue weighted by Crippen LogP contribution is -2.37. The van der Waals surface area contributed by atoms with Gasteiger partial charge in [0.05, 0.1) is 0 Å². The molecule has 0 aliphatic carbocycles. The van der Waals surface area contributed by atoms with Gasteiger partial charge >= 0.3 is 0 Å². The van der Waals surface area contributed by atoms with E-state index in [1.807, 2.05) is 6.07 Å². The molecule has 0 saturated carbocycles. The van der Waals surface area contributed by atoms with Gasteiger partial charge in [0, 0.05) is 24.8 Å². The van der Waals surface area contributed by atoms with Crippen LogP contribution in [0.1, 0.15) is 23.7 Å². The Bertz CT molecular complexity index is 331. The van der Waals surface area contributed by atoms with E-state index in [-0.39, 0.29) is 5.78 Å². The summed E-state index contributed by atoms with van der Waals surface area (Å²) in [5.74, 6) is 1.03. The van der Waals surface area contributed by atoms with Gasteiger partial charge in [0.15, 0.2) is 5.78 Å². The topological polar surface area (TPSA) is 33.2 Å². The monoisotopic (exact) mass is 176 g/mol. The SMILES string of the molecule is CC(=O)c1ccnc(N2CCC2)c1. The lowest BCUT2D eigenvalue weighted by molar-refractivity contribution is 0.101. The van der Waals surface area contributed by atoms with Crippen molar-refractivity contribution in [3.63, 3.8) is 0 Å². The van der Waals surface area contributed by atoms with Gasteiger partial charge < -0.3 is 4.90 Å². The fourth-order valence-electron chi connectivity index (χ4n) is 1.36. The molecule has 3 nitrogen and oxygen atoms in total. The maximum atomic E-state index is 11.1. The van der Waals surface area contributed by atoms with E-state index < -0.39 is 0 Å². The van der Waals surface area contributed by atoms with Crippen LogP contribution in [0.15, 0.2) is 18.3 Å². The average molecular weight is 176 g/mol. The van der Waals surface area contributed by atoms with Gasteiger partial charge in [-0.15, -0.1) is 0 Å². The Labute approximate surface area is 77.4 Å². The zero-order chi connectivity index (χ0) is 9.26. The molecule has 0 radical (unpaired) electrons. The Balaban J connectivity index is 2.26. The van der Waals surface area contributed by atoms with E-state index >= 15 is 0 Å². The molecule has 0 aromatic carbocycles. The van der Waals surface area contributed by atoms with Crippen LogP contribution in [0, 0.1) is 0 Å². The summed E-state index contributed by atoms with van der Waals surface area (Å²) < 4.78 is 0. The predicted molar refractivity (Wildman–Crippen MR) is 51.1 cm³/mol. The van der Waals surface area contributed by atoms with Crippen LogP contribution in [0.3, 0.4) is 0 Å². The molecule has 3 heteroatoms. The predicted octanol–water partition coefficient (Wildman–Crippen LogP) is 1.49. The molecule has 2 rings (SSSR count). The molecule has 0 bridgehead atoms. The highest BCUT2D eigenvalue weighted by Gasteiger charge is 2.15. The standard InChI is InChI=1S/C10H12N2O/c1-8(13)9-3-4-11-10(7-9)12-5-2-6-12/h3-4,7H,2,5-6H2,1H3. The summed E-state index contributed by atoms with van der Waals surface area (Å²) in [5, 5.41) is 0.